The summed E-state index contributed by atoms with van der Waals surface area (Å²) in [6, 6.07) is 3.97. The summed E-state index contributed by atoms with van der Waals surface area (Å²) in [6.45, 7) is 4.96. The Hall–Kier alpha value is -3.77. The van der Waals surface area contributed by atoms with Gasteiger partial charge in [0.15, 0.2) is 11.4 Å². The summed E-state index contributed by atoms with van der Waals surface area (Å²) in [4.78, 5) is 43.3. The first-order chi connectivity index (χ1) is 19.3. The van der Waals surface area contributed by atoms with Gasteiger partial charge in [0.25, 0.3) is 0 Å². The lowest BCUT2D eigenvalue weighted by Crippen LogP contribution is -2.73. The highest BCUT2D eigenvalue weighted by molar-refractivity contribution is 6.25. The molecule has 2 saturated carbocycles. The van der Waals surface area contributed by atoms with E-state index in [1.807, 2.05) is 18.0 Å². The van der Waals surface area contributed by atoms with Gasteiger partial charge in [-0.2, -0.15) is 0 Å². The average molecular weight is 566 g/mol. The number of primary amides is 1. The summed E-state index contributed by atoms with van der Waals surface area (Å²) in [5, 5.41) is 45.1. The molecule has 2 aromatic rings. The number of Topliss-reactive ketones (excluding diaryl/α,β-unsaturated/α-hetero) is 2. The van der Waals surface area contributed by atoms with Crippen molar-refractivity contribution in [3.05, 3.63) is 59.4 Å². The Morgan fingerprint density at radius 1 is 1.22 bits per heavy atom. The van der Waals surface area contributed by atoms with E-state index in [1.165, 1.54) is 6.07 Å². The number of aromatic hydroxyl groups is 1. The molecule has 0 spiro atoms. The molecule has 3 aliphatic rings. The molecule has 5 rings (SSSR count). The minimum Gasteiger partial charge on any atom is -0.507 e. The second-order valence-corrected chi connectivity index (χ2v) is 11.5. The zero-order valence-electron chi connectivity index (χ0n) is 23.2. The lowest BCUT2D eigenvalue weighted by molar-refractivity contribution is -0.184. The van der Waals surface area contributed by atoms with Crippen molar-refractivity contribution in [1.29, 1.82) is 0 Å². The monoisotopic (exact) mass is 565 g/mol. The molecule has 1 aromatic carbocycles. The number of phenolic OH excluding ortho intramolecular Hbond substituents is 1. The fourth-order valence-corrected chi connectivity index (χ4v) is 7.09. The Morgan fingerprint density at radius 3 is 2.56 bits per heavy atom. The minimum atomic E-state index is -2.69. The van der Waals surface area contributed by atoms with Gasteiger partial charge in [-0.05, 0) is 63.7 Å². The van der Waals surface area contributed by atoms with Crippen LogP contribution in [0.1, 0.15) is 23.1 Å². The van der Waals surface area contributed by atoms with Crippen molar-refractivity contribution in [2.75, 3.05) is 27.7 Å². The van der Waals surface area contributed by atoms with Gasteiger partial charge in [-0.3, -0.25) is 19.3 Å². The first-order valence-corrected chi connectivity index (χ1v) is 13.4. The maximum atomic E-state index is 14.0. The Morgan fingerprint density at radius 2 is 1.93 bits per heavy atom. The van der Waals surface area contributed by atoms with Gasteiger partial charge in [-0.25, -0.2) is 0 Å². The Labute approximate surface area is 237 Å². The number of carbonyl (C=O) groups excluding carboxylic acids is 3. The molecule has 41 heavy (non-hydrogen) atoms. The van der Waals surface area contributed by atoms with E-state index in [0.29, 0.717) is 30.0 Å². The third-order valence-electron chi connectivity index (χ3n) is 8.84. The van der Waals surface area contributed by atoms with Gasteiger partial charge in [0.1, 0.15) is 23.2 Å². The molecule has 2 fully saturated rings. The molecule has 1 amide bonds. The van der Waals surface area contributed by atoms with Gasteiger partial charge in [0.2, 0.25) is 11.7 Å². The third-order valence-corrected chi connectivity index (χ3v) is 8.84. The standard InChI is InChI=1S/C30H35N3O8/c1-5-9-33(4)13-14-8-10-41-26(14)16-6-7-19(34)21-17(16)11-15-12-18-23(32(2)3)25(36)22(29(31)39)28(38)30(18,40)27(37)20(15)24(21)35/h5-8,10,15,18,22-23,25,34-36,40H,1,9,11-13H2,2-4H3,(H2,31,39)/t15-,18-,22?,23-,25?,30-/m0/s1. The highest BCUT2D eigenvalue weighted by atomic mass is 16.3. The number of benzene rings is 1. The van der Waals surface area contributed by atoms with Gasteiger partial charge < -0.3 is 35.5 Å². The van der Waals surface area contributed by atoms with Crippen LogP contribution in [0.25, 0.3) is 17.1 Å². The third kappa shape index (κ3) is 4.23. The van der Waals surface area contributed by atoms with E-state index in [0.717, 1.165) is 5.56 Å². The summed E-state index contributed by atoms with van der Waals surface area (Å²) >= 11 is 0. The zero-order valence-corrected chi connectivity index (χ0v) is 23.2. The van der Waals surface area contributed by atoms with Crippen molar-refractivity contribution >= 4 is 23.2 Å². The summed E-state index contributed by atoms with van der Waals surface area (Å²) in [5.74, 6) is -7.21. The molecular formula is C30H35N3O8. The van der Waals surface area contributed by atoms with E-state index >= 15 is 0 Å². The molecule has 3 aliphatic carbocycles. The molecule has 2 unspecified atom stereocenters. The number of amides is 1. The van der Waals surface area contributed by atoms with Crippen molar-refractivity contribution < 1.29 is 39.2 Å². The smallest absolute Gasteiger partial charge is 0.230 e. The normalized spacial score (nSPS) is 29.4. The summed E-state index contributed by atoms with van der Waals surface area (Å²) in [7, 11) is 5.16. The number of likely N-dealkylation sites (N-methyl/N-ethyl adjacent to an activating group) is 2. The summed E-state index contributed by atoms with van der Waals surface area (Å²) < 4.78 is 5.87. The number of phenols is 1. The maximum absolute atomic E-state index is 14.0. The second-order valence-electron chi connectivity index (χ2n) is 11.5. The minimum absolute atomic E-state index is 0.0184. The fraction of sp³-hybridized carbons (Fsp3) is 0.433. The van der Waals surface area contributed by atoms with Crippen LogP contribution in [0.5, 0.6) is 5.75 Å². The molecule has 218 valence electrons. The number of aliphatic hydroxyl groups excluding tert-OH is 2. The van der Waals surface area contributed by atoms with E-state index in [2.05, 4.69) is 6.58 Å². The molecule has 0 radical (unpaired) electrons. The number of nitrogens with two attached hydrogens (primary N) is 1. The van der Waals surface area contributed by atoms with Crippen molar-refractivity contribution in [3.63, 3.8) is 0 Å². The van der Waals surface area contributed by atoms with Crippen LogP contribution in [0.3, 0.4) is 0 Å². The lowest BCUT2D eigenvalue weighted by Gasteiger charge is -2.53. The topological polar surface area (TPSA) is 178 Å². The summed E-state index contributed by atoms with van der Waals surface area (Å²) in [6.07, 6.45) is 2.03. The van der Waals surface area contributed by atoms with Crippen molar-refractivity contribution in [3.8, 4) is 17.1 Å². The predicted octanol–water partition coefficient (Wildman–Crippen LogP) is 1.01. The predicted molar refractivity (Wildman–Crippen MR) is 148 cm³/mol. The Kier molecular flexibility index (Phi) is 7.19. The Balaban J connectivity index is 1.65. The van der Waals surface area contributed by atoms with Crippen molar-refractivity contribution in [1.82, 2.24) is 9.80 Å². The van der Waals surface area contributed by atoms with Crippen LogP contribution in [0.15, 0.2) is 47.1 Å². The van der Waals surface area contributed by atoms with Gasteiger partial charge in [0.05, 0.1) is 17.9 Å². The maximum Gasteiger partial charge on any atom is 0.230 e. The number of carbonyl (C=O) groups is 3. The van der Waals surface area contributed by atoms with E-state index in [4.69, 9.17) is 10.2 Å². The SMILES string of the molecule is C=CCN(C)Cc1ccoc1-c1ccc(O)c2c1C[C@H]1C[C@H]3[C@H](N(C)C)C(O)C(C(N)=O)C(=O)[C@@]3(O)C(=O)C1=C2O. The van der Waals surface area contributed by atoms with Crippen LogP contribution in [0, 0.1) is 17.8 Å². The number of aliphatic hydroxyl groups is 3. The van der Waals surface area contributed by atoms with Crippen molar-refractivity contribution in [2.45, 2.75) is 37.1 Å². The van der Waals surface area contributed by atoms with E-state index in [-0.39, 0.29) is 29.7 Å². The van der Waals surface area contributed by atoms with E-state index in [1.54, 1.807) is 37.4 Å². The lowest BCUT2D eigenvalue weighted by atomic mass is 9.54. The van der Waals surface area contributed by atoms with Crippen LogP contribution in [-0.4, -0.2) is 93.1 Å². The number of fused-ring (bicyclic) bond motifs is 3. The second kappa shape index (κ2) is 10.3. The van der Waals surface area contributed by atoms with Gasteiger partial charge >= 0.3 is 0 Å². The number of nitrogens with zero attached hydrogens (tertiary/aromatic N) is 2. The first-order valence-electron chi connectivity index (χ1n) is 13.4. The molecule has 6 N–H and O–H groups in total. The van der Waals surface area contributed by atoms with E-state index in [9.17, 15) is 34.8 Å². The molecule has 1 aromatic heterocycles. The fourth-order valence-electron chi connectivity index (χ4n) is 7.09. The van der Waals surface area contributed by atoms with E-state index < -0.39 is 58.7 Å². The molecule has 11 nitrogen and oxygen atoms in total. The zero-order chi connectivity index (χ0) is 30.0. The molecule has 1 heterocycles. The highest BCUT2D eigenvalue weighted by Crippen LogP contribution is 2.53. The van der Waals surface area contributed by atoms with Crippen LogP contribution in [0.4, 0.5) is 0 Å². The first kappa shape index (κ1) is 28.7. The largest absolute Gasteiger partial charge is 0.507 e. The van der Waals surface area contributed by atoms with Crippen LogP contribution < -0.4 is 5.73 Å². The average Bonchev–Trinajstić information content (AvgIpc) is 3.33. The molecule has 0 aliphatic heterocycles. The van der Waals surface area contributed by atoms with Gasteiger partial charge in [0, 0.05) is 41.7 Å². The van der Waals surface area contributed by atoms with Gasteiger partial charge in [-0.1, -0.05) is 6.08 Å². The molecule has 6 atom stereocenters. The van der Waals surface area contributed by atoms with Crippen LogP contribution in [0.2, 0.25) is 0 Å². The van der Waals surface area contributed by atoms with Crippen LogP contribution in [-0.2, 0) is 27.3 Å². The van der Waals surface area contributed by atoms with Crippen molar-refractivity contribution in [2.24, 2.45) is 23.5 Å². The Bertz CT molecular complexity index is 1480. The summed E-state index contributed by atoms with van der Waals surface area (Å²) in [5.41, 5.74) is 4.61. The highest BCUT2D eigenvalue weighted by Gasteiger charge is 2.67. The van der Waals surface area contributed by atoms with Gasteiger partial charge in [-0.15, -0.1) is 6.58 Å². The van der Waals surface area contributed by atoms with Crippen LogP contribution >= 0.6 is 0 Å². The molecule has 11 heteroatoms. The molecule has 0 bridgehead atoms. The molecule has 0 saturated heterocycles. The number of hydrogen-bond donors (Lipinski definition) is 5. The number of hydrogen-bond acceptors (Lipinski definition) is 10. The molecular weight excluding hydrogens is 530 g/mol. The number of ketones is 2. The number of furan rings is 1. The number of rotatable bonds is 7. The quantitative estimate of drug-likeness (QED) is 0.240.